The fourth-order valence-corrected chi connectivity index (χ4v) is 1.66. The van der Waals surface area contributed by atoms with Crippen molar-refractivity contribution in [3.63, 3.8) is 0 Å². The van der Waals surface area contributed by atoms with Crippen LogP contribution >= 0.6 is 0 Å². The maximum absolute atomic E-state index is 5.17. The molecule has 0 amide bonds. The van der Waals surface area contributed by atoms with E-state index in [2.05, 4.69) is 22.6 Å². The molecule has 0 aromatic heterocycles. The first kappa shape index (κ1) is 8.53. The number of benzene rings is 1. The number of hydrogen-bond donors (Lipinski definition) is 1. The lowest BCUT2D eigenvalue weighted by Crippen LogP contribution is -2.29. The maximum atomic E-state index is 5.17. The van der Waals surface area contributed by atoms with Gasteiger partial charge in [0.25, 0.3) is 0 Å². The minimum absolute atomic E-state index is 0.941. The number of hydrogen-bond acceptors (Lipinski definition) is 3. The molecule has 70 valence electrons. The summed E-state index contributed by atoms with van der Waals surface area (Å²) in [5.74, 6) is 0.941. The van der Waals surface area contributed by atoms with Gasteiger partial charge in [-0.05, 0) is 30.3 Å². The molecule has 0 saturated carbocycles. The van der Waals surface area contributed by atoms with Gasteiger partial charge in [-0.2, -0.15) is 0 Å². The molecule has 0 fully saturated rings. The van der Waals surface area contributed by atoms with Gasteiger partial charge in [-0.3, -0.25) is 5.43 Å². The summed E-state index contributed by atoms with van der Waals surface area (Å²) in [7, 11) is 3.65. The Hall–Kier alpha value is -1.06. The molecule has 3 nitrogen and oxygen atoms in total. The van der Waals surface area contributed by atoms with Crippen LogP contribution in [0.1, 0.15) is 11.1 Å². The summed E-state index contributed by atoms with van der Waals surface area (Å²) in [5, 5.41) is 2.17. The molecule has 3 heteroatoms. The number of nitrogens with one attached hydrogen (secondary N) is 1. The Morgan fingerprint density at radius 2 is 2.08 bits per heavy atom. The second kappa shape index (κ2) is 3.36. The molecule has 1 aliphatic heterocycles. The van der Waals surface area contributed by atoms with Crippen LogP contribution in [0.15, 0.2) is 18.2 Å². The Balaban J connectivity index is 2.25. The number of ether oxygens (including phenoxy) is 1. The summed E-state index contributed by atoms with van der Waals surface area (Å²) in [6.45, 7) is 1.94. The normalized spacial score (nSPS) is 15.8. The van der Waals surface area contributed by atoms with Crippen molar-refractivity contribution in [2.24, 2.45) is 0 Å². The average molecular weight is 178 g/mol. The third kappa shape index (κ3) is 1.53. The summed E-state index contributed by atoms with van der Waals surface area (Å²) < 4.78 is 5.17. The van der Waals surface area contributed by atoms with E-state index in [4.69, 9.17) is 4.74 Å². The first-order valence-electron chi connectivity index (χ1n) is 4.41. The topological polar surface area (TPSA) is 24.5 Å². The highest BCUT2D eigenvalue weighted by Crippen LogP contribution is 2.24. The fourth-order valence-electron chi connectivity index (χ4n) is 1.66. The van der Waals surface area contributed by atoms with E-state index in [1.165, 1.54) is 11.1 Å². The van der Waals surface area contributed by atoms with Crippen molar-refractivity contribution >= 4 is 0 Å². The summed E-state index contributed by atoms with van der Waals surface area (Å²) in [4.78, 5) is 0. The standard InChI is InChI=1S/C10H14N2O/c1-11-12-6-8-3-4-10(13-2)5-9(8)7-12/h3-5,11H,6-7H2,1-2H3. The molecule has 0 saturated heterocycles. The zero-order valence-electron chi connectivity index (χ0n) is 8.00. The predicted octanol–water partition coefficient (Wildman–Crippen LogP) is 1.15. The maximum Gasteiger partial charge on any atom is 0.119 e. The van der Waals surface area contributed by atoms with Gasteiger partial charge in [0.1, 0.15) is 5.75 Å². The third-order valence-electron chi connectivity index (χ3n) is 2.45. The molecule has 1 aromatic carbocycles. The summed E-state index contributed by atoms with van der Waals surface area (Å²) in [5.41, 5.74) is 5.88. The van der Waals surface area contributed by atoms with Crippen LogP contribution < -0.4 is 10.2 Å². The molecule has 1 aromatic rings. The van der Waals surface area contributed by atoms with Gasteiger partial charge in [-0.1, -0.05) is 6.07 Å². The molecule has 0 radical (unpaired) electrons. The molecular weight excluding hydrogens is 164 g/mol. The second-order valence-electron chi connectivity index (χ2n) is 3.21. The van der Waals surface area contributed by atoms with E-state index in [9.17, 15) is 0 Å². The Kier molecular flexibility index (Phi) is 2.20. The Labute approximate surface area is 78.3 Å². The monoisotopic (exact) mass is 178 g/mol. The van der Waals surface area contributed by atoms with Gasteiger partial charge in [0.2, 0.25) is 0 Å². The number of fused-ring (bicyclic) bond motifs is 1. The molecule has 0 atom stereocenters. The number of methoxy groups -OCH3 is 1. The van der Waals surface area contributed by atoms with Gasteiger partial charge in [0.15, 0.2) is 0 Å². The van der Waals surface area contributed by atoms with Crippen LogP contribution in [0.25, 0.3) is 0 Å². The SMILES string of the molecule is CNN1Cc2ccc(OC)cc2C1. The van der Waals surface area contributed by atoms with Gasteiger partial charge < -0.3 is 4.74 Å². The Bertz CT molecular complexity index is 312. The van der Waals surface area contributed by atoms with Crippen molar-refractivity contribution in [3.05, 3.63) is 29.3 Å². The minimum atomic E-state index is 0.941. The van der Waals surface area contributed by atoms with Gasteiger partial charge in [0, 0.05) is 13.1 Å². The van der Waals surface area contributed by atoms with Crippen LogP contribution in [0.5, 0.6) is 5.75 Å². The highest BCUT2D eigenvalue weighted by Gasteiger charge is 2.17. The summed E-state index contributed by atoms with van der Waals surface area (Å²) in [6, 6.07) is 6.25. The number of rotatable bonds is 2. The number of hydrazine groups is 1. The van der Waals surface area contributed by atoms with E-state index in [-0.39, 0.29) is 0 Å². The molecule has 0 aliphatic carbocycles. The highest BCUT2D eigenvalue weighted by molar-refractivity contribution is 5.37. The third-order valence-corrected chi connectivity index (χ3v) is 2.45. The minimum Gasteiger partial charge on any atom is -0.497 e. The molecule has 0 bridgehead atoms. The van der Waals surface area contributed by atoms with Crippen LogP contribution in [0.4, 0.5) is 0 Å². The fraction of sp³-hybridized carbons (Fsp3) is 0.400. The van der Waals surface area contributed by atoms with Gasteiger partial charge >= 0.3 is 0 Å². The zero-order valence-corrected chi connectivity index (χ0v) is 8.00. The van der Waals surface area contributed by atoms with Crippen LogP contribution in [0.2, 0.25) is 0 Å². The molecule has 2 rings (SSSR count). The van der Waals surface area contributed by atoms with Crippen LogP contribution in [0, 0.1) is 0 Å². The molecule has 0 spiro atoms. The molecule has 1 heterocycles. The van der Waals surface area contributed by atoms with E-state index < -0.39 is 0 Å². The largest absolute Gasteiger partial charge is 0.497 e. The summed E-state index contributed by atoms with van der Waals surface area (Å²) in [6.07, 6.45) is 0. The van der Waals surface area contributed by atoms with Crippen molar-refractivity contribution in [1.29, 1.82) is 0 Å². The van der Waals surface area contributed by atoms with Gasteiger partial charge in [-0.15, -0.1) is 0 Å². The molecule has 0 unspecified atom stereocenters. The van der Waals surface area contributed by atoms with Crippen molar-refractivity contribution in [1.82, 2.24) is 10.4 Å². The van der Waals surface area contributed by atoms with Crippen LogP contribution in [-0.4, -0.2) is 19.2 Å². The van der Waals surface area contributed by atoms with E-state index in [1.54, 1.807) is 7.11 Å². The molecule has 1 aliphatic rings. The van der Waals surface area contributed by atoms with E-state index >= 15 is 0 Å². The van der Waals surface area contributed by atoms with Crippen molar-refractivity contribution < 1.29 is 4.74 Å². The van der Waals surface area contributed by atoms with Crippen molar-refractivity contribution in [2.75, 3.05) is 14.2 Å². The first-order chi connectivity index (χ1) is 6.33. The smallest absolute Gasteiger partial charge is 0.119 e. The van der Waals surface area contributed by atoms with Gasteiger partial charge in [-0.25, -0.2) is 5.01 Å². The predicted molar refractivity (Wildman–Crippen MR) is 51.3 cm³/mol. The highest BCUT2D eigenvalue weighted by atomic mass is 16.5. The van der Waals surface area contributed by atoms with E-state index in [0.717, 1.165) is 18.8 Å². The average Bonchev–Trinajstić information content (AvgIpc) is 2.58. The zero-order chi connectivity index (χ0) is 9.26. The molecule has 1 N–H and O–H groups in total. The van der Waals surface area contributed by atoms with Gasteiger partial charge in [0.05, 0.1) is 7.11 Å². The Morgan fingerprint density at radius 1 is 1.31 bits per heavy atom. The van der Waals surface area contributed by atoms with Crippen molar-refractivity contribution in [2.45, 2.75) is 13.1 Å². The summed E-state index contributed by atoms with van der Waals surface area (Å²) >= 11 is 0. The van der Waals surface area contributed by atoms with Crippen LogP contribution in [-0.2, 0) is 13.1 Å². The van der Waals surface area contributed by atoms with Crippen LogP contribution in [0.3, 0.4) is 0 Å². The first-order valence-corrected chi connectivity index (χ1v) is 4.41. The Morgan fingerprint density at radius 3 is 2.77 bits per heavy atom. The van der Waals surface area contributed by atoms with E-state index in [0.29, 0.717) is 0 Å². The van der Waals surface area contributed by atoms with Crippen molar-refractivity contribution in [3.8, 4) is 5.75 Å². The molecular formula is C10H14N2O. The quantitative estimate of drug-likeness (QED) is 0.735. The lowest BCUT2D eigenvalue weighted by atomic mass is 10.1. The van der Waals surface area contributed by atoms with E-state index in [1.807, 2.05) is 13.1 Å². The lowest BCUT2D eigenvalue weighted by Gasteiger charge is -2.11. The molecule has 13 heavy (non-hydrogen) atoms. The lowest BCUT2D eigenvalue weighted by molar-refractivity contribution is 0.212. The number of nitrogens with zero attached hydrogens (tertiary/aromatic N) is 1. The second-order valence-corrected chi connectivity index (χ2v) is 3.21.